The van der Waals surface area contributed by atoms with Gasteiger partial charge in [-0.1, -0.05) is 72.8 Å². The normalized spacial score (nSPS) is 12.4. The van der Waals surface area contributed by atoms with Gasteiger partial charge in [0.15, 0.2) is 0 Å². The minimum atomic E-state index is -3.91. The first-order valence-electron chi connectivity index (χ1n) is 16.1. The van der Waals surface area contributed by atoms with Crippen LogP contribution in [-0.4, -0.2) is 61.5 Å². The van der Waals surface area contributed by atoms with E-state index in [9.17, 15) is 32.9 Å². The van der Waals surface area contributed by atoms with E-state index in [0.29, 0.717) is 11.1 Å². The van der Waals surface area contributed by atoms with Gasteiger partial charge in [-0.15, -0.1) is 0 Å². The van der Waals surface area contributed by atoms with Gasteiger partial charge < -0.3 is 14.8 Å². The summed E-state index contributed by atoms with van der Waals surface area (Å²) < 4.78 is 38.8. The van der Waals surface area contributed by atoms with Crippen molar-refractivity contribution in [2.75, 3.05) is 19.7 Å². The number of hydrogen-bond donors (Lipinski definition) is 2. The average Bonchev–Trinajstić information content (AvgIpc) is 3.41. The van der Waals surface area contributed by atoms with Gasteiger partial charge in [0, 0.05) is 31.1 Å². The van der Waals surface area contributed by atoms with E-state index in [0.717, 1.165) is 51.4 Å². The number of rotatable bonds is 13. The van der Waals surface area contributed by atoms with Crippen LogP contribution in [0.1, 0.15) is 48.9 Å². The summed E-state index contributed by atoms with van der Waals surface area (Å²) in [5.41, 5.74) is 4.49. The van der Waals surface area contributed by atoms with Gasteiger partial charge in [0.05, 0.1) is 9.82 Å². The highest BCUT2D eigenvalue weighted by Crippen LogP contribution is 2.44. The van der Waals surface area contributed by atoms with Crippen molar-refractivity contribution in [2.45, 2.75) is 50.3 Å². The summed E-state index contributed by atoms with van der Waals surface area (Å²) >= 11 is 0. The molecule has 0 aliphatic heterocycles. The fraction of sp³-hybridized carbons (Fsp3) is 0.270. The molecule has 0 aromatic heterocycles. The van der Waals surface area contributed by atoms with Crippen molar-refractivity contribution in [3.63, 3.8) is 0 Å². The Morgan fingerprint density at radius 2 is 1.35 bits per heavy atom. The maximum atomic E-state index is 13.4. The predicted octanol–water partition coefficient (Wildman–Crippen LogP) is 5.28. The molecule has 51 heavy (non-hydrogen) atoms. The number of nitro benzene ring substituents is 1. The lowest BCUT2D eigenvalue weighted by Gasteiger charge is -2.25. The molecule has 2 N–H and O–H groups in total. The van der Waals surface area contributed by atoms with Crippen molar-refractivity contribution < 1.29 is 37.2 Å². The molecule has 0 unspecified atom stereocenters. The quantitative estimate of drug-likeness (QED) is 0.106. The lowest BCUT2D eigenvalue weighted by molar-refractivity contribution is -0.384. The highest BCUT2D eigenvalue weighted by atomic mass is 32.2. The van der Waals surface area contributed by atoms with Crippen molar-refractivity contribution in [2.24, 2.45) is 0 Å². The summed E-state index contributed by atoms with van der Waals surface area (Å²) in [6, 6.07) is 27.1. The Balaban J connectivity index is 1.17. The summed E-state index contributed by atoms with van der Waals surface area (Å²) in [5, 5.41) is 13.6. The summed E-state index contributed by atoms with van der Waals surface area (Å²) in [6.45, 7) is 4.22. The Labute approximate surface area is 295 Å². The Kier molecular flexibility index (Phi) is 11.2. The molecular formula is C37H38N4O9S. The van der Waals surface area contributed by atoms with E-state index in [1.165, 1.54) is 0 Å². The third kappa shape index (κ3) is 9.55. The molecule has 14 heteroatoms. The fourth-order valence-corrected chi connectivity index (χ4v) is 6.63. The lowest BCUT2D eigenvalue weighted by Crippen LogP contribution is -2.45. The van der Waals surface area contributed by atoms with E-state index < -0.39 is 51.6 Å². The third-order valence-electron chi connectivity index (χ3n) is 8.01. The Bertz CT molecular complexity index is 1980. The molecule has 5 rings (SSSR count). The smallest absolute Gasteiger partial charge is 0.410 e. The van der Waals surface area contributed by atoms with Crippen molar-refractivity contribution in [3.8, 4) is 11.1 Å². The second kappa shape index (κ2) is 15.5. The monoisotopic (exact) mass is 714 g/mol. The highest BCUT2D eigenvalue weighted by molar-refractivity contribution is 7.89. The minimum Gasteiger partial charge on any atom is -0.459 e. The number of sulfonamides is 1. The number of nitro groups is 1. The Morgan fingerprint density at radius 1 is 0.804 bits per heavy atom. The summed E-state index contributed by atoms with van der Waals surface area (Å²) in [5.74, 6) is -1.44. The second-order valence-electron chi connectivity index (χ2n) is 12.9. The third-order valence-corrected chi connectivity index (χ3v) is 9.42. The molecule has 0 spiro atoms. The molecule has 0 radical (unpaired) electrons. The summed E-state index contributed by atoms with van der Waals surface area (Å²) in [4.78, 5) is 50.3. The first-order chi connectivity index (χ1) is 24.2. The standard InChI is InChI=1S/C37H38N4O9S/c1-37(2,3)50-35(43)23-40(36(44)49-24-33-31-10-6-4-8-29(31)30-9-5-7-11-32(30)33)22-34(42)38-20-25-12-14-26(15-13-25)21-39-51(47,48)28-18-16-27(17-19-28)41(45)46/h4-19,33,39H,20-24H2,1-3H3,(H,38,42). The first-order valence-corrected chi connectivity index (χ1v) is 17.6. The molecule has 1 aliphatic carbocycles. The molecular weight excluding hydrogens is 676 g/mol. The topological polar surface area (TPSA) is 174 Å². The van der Waals surface area contributed by atoms with Crippen LogP contribution in [0.3, 0.4) is 0 Å². The number of fused-ring (bicyclic) bond motifs is 3. The Morgan fingerprint density at radius 3 is 1.90 bits per heavy atom. The van der Waals surface area contributed by atoms with Gasteiger partial charge in [-0.2, -0.15) is 0 Å². The molecule has 1 aliphatic rings. The Hall–Kier alpha value is -5.60. The molecule has 4 aromatic rings. The zero-order chi connectivity index (χ0) is 36.8. The summed E-state index contributed by atoms with van der Waals surface area (Å²) in [6.07, 6.45) is -0.835. The fourth-order valence-electron chi connectivity index (χ4n) is 5.61. The van der Waals surface area contributed by atoms with Gasteiger partial charge in [0.2, 0.25) is 15.9 Å². The van der Waals surface area contributed by atoms with Gasteiger partial charge in [0.25, 0.3) is 5.69 Å². The number of non-ortho nitro benzene ring substituents is 1. The van der Waals surface area contributed by atoms with Crippen molar-refractivity contribution >= 4 is 33.7 Å². The zero-order valence-electron chi connectivity index (χ0n) is 28.3. The molecule has 266 valence electrons. The maximum absolute atomic E-state index is 13.4. The largest absolute Gasteiger partial charge is 0.459 e. The summed E-state index contributed by atoms with van der Waals surface area (Å²) in [7, 11) is -3.91. The van der Waals surface area contributed by atoms with Crippen LogP contribution in [0.2, 0.25) is 0 Å². The second-order valence-corrected chi connectivity index (χ2v) is 14.7. The van der Waals surface area contributed by atoms with Crippen LogP contribution in [0.4, 0.5) is 10.5 Å². The molecule has 0 bridgehead atoms. The van der Waals surface area contributed by atoms with Crippen LogP contribution in [0.15, 0.2) is 102 Å². The minimum absolute atomic E-state index is 0.00960. The number of hydrogen-bond acceptors (Lipinski definition) is 9. The number of carbonyl (C=O) groups excluding carboxylic acids is 3. The molecule has 0 heterocycles. The first kappa shape index (κ1) is 36.7. The predicted molar refractivity (Wildman–Crippen MR) is 188 cm³/mol. The highest BCUT2D eigenvalue weighted by Gasteiger charge is 2.31. The molecule has 2 amide bonds. The van der Waals surface area contributed by atoms with Gasteiger partial charge in [0.1, 0.15) is 25.3 Å². The van der Waals surface area contributed by atoms with Crippen LogP contribution in [0, 0.1) is 10.1 Å². The maximum Gasteiger partial charge on any atom is 0.410 e. The average molecular weight is 715 g/mol. The van der Waals surface area contributed by atoms with E-state index >= 15 is 0 Å². The van der Waals surface area contributed by atoms with E-state index in [4.69, 9.17) is 9.47 Å². The number of ether oxygens (including phenoxy) is 2. The molecule has 0 fully saturated rings. The molecule has 0 saturated heterocycles. The molecule has 4 aromatic carbocycles. The van der Waals surface area contributed by atoms with E-state index in [2.05, 4.69) is 10.0 Å². The zero-order valence-corrected chi connectivity index (χ0v) is 29.1. The van der Waals surface area contributed by atoms with Crippen molar-refractivity contribution in [1.29, 1.82) is 0 Å². The van der Waals surface area contributed by atoms with Crippen LogP contribution in [-0.2, 0) is 42.2 Å². The lowest BCUT2D eigenvalue weighted by atomic mass is 9.98. The van der Waals surface area contributed by atoms with Crippen LogP contribution in [0.25, 0.3) is 11.1 Å². The van der Waals surface area contributed by atoms with Crippen LogP contribution in [0.5, 0.6) is 0 Å². The van der Waals surface area contributed by atoms with Gasteiger partial charge in [-0.3, -0.25) is 24.6 Å². The van der Waals surface area contributed by atoms with E-state index in [1.54, 1.807) is 45.0 Å². The van der Waals surface area contributed by atoms with E-state index in [-0.39, 0.29) is 36.2 Å². The number of nitrogens with zero attached hydrogens (tertiary/aromatic N) is 2. The van der Waals surface area contributed by atoms with Gasteiger partial charge in [-0.25, -0.2) is 17.9 Å². The number of nitrogens with one attached hydrogen (secondary N) is 2. The number of benzene rings is 4. The van der Waals surface area contributed by atoms with Crippen molar-refractivity contribution in [3.05, 3.63) is 129 Å². The number of carbonyl (C=O) groups is 3. The van der Waals surface area contributed by atoms with E-state index in [1.807, 2.05) is 48.5 Å². The van der Waals surface area contributed by atoms with Gasteiger partial charge >= 0.3 is 12.1 Å². The van der Waals surface area contributed by atoms with Gasteiger partial charge in [-0.05, 0) is 66.3 Å². The number of esters is 1. The number of amides is 2. The van der Waals surface area contributed by atoms with Crippen molar-refractivity contribution in [1.82, 2.24) is 14.9 Å². The van der Waals surface area contributed by atoms with Crippen LogP contribution < -0.4 is 10.0 Å². The van der Waals surface area contributed by atoms with Crippen LogP contribution >= 0.6 is 0 Å². The molecule has 13 nitrogen and oxygen atoms in total. The molecule has 0 saturated carbocycles. The SMILES string of the molecule is CC(C)(C)OC(=O)CN(CC(=O)NCc1ccc(CNS(=O)(=O)c2ccc([N+](=O)[O-])cc2)cc1)C(=O)OCC1c2ccccc2-c2ccccc21. The molecule has 0 atom stereocenters.